The van der Waals surface area contributed by atoms with Crippen molar-refractivity contribution < 1.29 is 17.9 Å². The van der Waals surface area contributed by atoms with Crippen molar-refractivity contribution in [2.45, 2.75) is 58.4 Å². The molecule has 0 bridgehead atoms. The second-order valence-electron chi connectivity index (χ2n) is 21.3. The Labute approximate surface area is 409 Å². The van der Waals surface area contributed by atoms with Crippen LogP contribution in [-0.2, 0) is 11.1 Å². The summed E-state index contributed by atoms with van der Waals surface area (Å²) in [5, 5.41) is 3.56. The highest BCUT2D eigenvalue weighted by atomic mass is 28.3. The van der Waals surface area contributed by atoms with Crippen molar-refractivity contribution in [2.75, 3.05) is 0 Å². The van der Waals surface area contributed by atoms with E-state index in [0.717, 1.165) is 89.0 Å². The summed E-state index contributed by atoms with van der Waals surface area (Å²) in [6.45, 7) is 17.0. The van der Waals surface area contributed by atoms with Gasteiger partial charge < -0.3 is 4.42 Å². The standard InChI is InChI=1S/C64H54FN3OSi/c1-40(2)63(3,4)54-37-57-46-27-17-18-28-52(46)64(66(57)39-60(54)70(5,6)7)53-38-59-50(49-33-44(31-32-58(49)69-59)41-21-11-8-12-22-41)36-51(53)62-67(55-29-19-20-30-56(55)68(62)64)61-47(42-23-13-9-14-24-42)34-45(65)35-48(61)43-25-15-10-16-26-43/h8-40H,1-7H3/q+2. The Bertz CT molecular complexity index is 3880. The van der Waals surface area contributed by atoms with Crippen LogP contribution in [0, 0.1) is 11.7 Å². The van der Waals surface area contributed by atoms with Gasteiger partial charge in [0.2, 0.25) is 5.69 Å². The van der Waals surface area contributed by atoms with Crippen LogP contribution in [0.1, 0.15) is 44.4 Å². The van der Waals surface area contributed by atoms with Crippen LogP contribution >= 0.6 is 0 Å². The van der Waals surface area contributed by atoms with Crippen molar-refractivity contribution in [1.82, 2.24) is 4.57 Å². The number of rotatable bonds is 7. The normalized spacial score (nSPS) is 15.0. The van der Waals surface area contributed by atoms with Gasteiger partial charge >= 0.3 is 11.5 Å². The topological polar surface area (TPSA) is 25.8 Å². The Morgan fingerprint density at radius 3 is 1.83 bits per heavy atom. The minimum atomic E-state index is -2.02. The number of hydrogen-bond acceptors (Lipinski definition) is 1. The van der Waals surface area contributed by atoms with Gasteiger partial charge in [-0.15, -0.1) is 9.13 Å². The molecule has 340 valence electrons. The number of para-hydroxylation sites is 2. The average Bonchev–Trinajstić information content (AvgIpc) is 4.08. The Morgan fingerprint density at radius 1 is 0.571 bits per heavy atom. The SMILES string of the molecule is CC(C)C(C)(C)c1cc2[n+](cc1[Si](C)(C)C)C1(c3ccccc3-2)c2cc3oc4ccc(-c5ccccc5)cc4c3cc2-c2n(-c3c(-c4ccccc4)cc(F)cc3-c3ccccc3)c3ccccc3[n+]21. The fourth-order valence-corrected chi connectivity index (χ4v) is 13.5. The van der Waals surface area contributed by atoms with Crippen molar-refractivity contribution in [1.29, 1.82) is 0 Å². The van der Waals surface area contributed by atoms with E-state index >= 15 is 4.39 Å². The number of halogens is 1. The Morgan fingerprint density at radius 2 is 1.17 bits per heavy atom. The first-order valence-electron chi connectivity index (χ1n) is 24.6. The van der Waals surface area contributed by atoms with E-state index in [0.29, 0.717) is 5.92 Å². The van der Waals surface area contributed by atoms with E-state index in [2.05, 4.69) is 207 Å². The van der Waals surface area contributed by atoms with E-state index in [1.54, 1.807) is 12.1 Å². The molecule has 2 aliphatic heterocycles. The summed E-state index contributed by atoms with van der Waals surface area (Å²) in [6, 6.07) is 66.4. The molecule has 0 saturated heterocycles. The zero-order valence-corrected chi connectivity index (χ0v) is 41.7. The quantitative estimate of drug-likeness (QED) is 0.116. The molecule has 0 amide bonds. The van der Waals surface area contributed by atoms with Crippen LogP contribution in [-0.4, -0.2) is 12.6 Å². The van der Waals surface area contributed by atoms with E-state index in [1.807, 2.05) is 36.4 Å². The fraction of sp³-hybridized carbons (Fsp3) is 0.156. The minimum absolute atomic E-state index is 0.0822. The molecule has 5 heterocycles. The van der Waals surface area contributed by atoms with Crippen molar-refractivity contribution in [3.63, 3.8) is 0 Å². The van der Waals surface area contributed by atoms with Crippen LogP contribution in [0.4, 0.5) is 4.39 Å². The fourth-order valence-electron chi connectivity index (χ4n) is 11.8. The molecule has 8 aromatic carbocycles. The largest absolute Gasteiger partial charge is 0.456 e. The van der Waals surface area contributed by atoms with Gasteiger partial charge in [0.15, 0.2) is 17.2 Å². The molecule has 6 heteroatoms. The lowest BCUT2D eigenvalue weighted by Gasteiger charge is -2.34. The van der Waals surface area contributed by atoms with Gasteiger partial charge in [-0.25, -0.2) is 4.39 Å². The molecule has 0 radical (unpaired) electrons. The molecule has 3 aromatic heterocycles. The van der Waals surface area contributed by atoms with E-state index in [4.69, 9.17) is 4.42 Å². The number of fused-ring (bicyclic) bond motifs is 15. The summed E-state index contributed by atoms with van der Waals surface area (Å²) in [4.78, 5) is 0. The maximum absolute atomic E-state index is 16.5. The van der Waals surface area contributed by atoms with Crippen LogP contribution in [0.25, 0.3) is 94.7 Å². The average molecular weight is 928 g/mol. The summed E-state index contributed by atoms with van der Waals surface area (Å²) >= 11 is 0. The number of imidazole rings is 1. The second kappa shape index (κ2) is 15.2. The van der Waals surface area contributed by atoms with Gasteiger partial charge in [0.05, 0.1) is 30.3 Å². The third kappa shape index (κ3) is 5.92. The number of benzene rings is 8. The van der Waals surface area contributed by atoms with E-state index in [9.17, 15) is 0 Å². The van der Waals surface area contributed by atoms with Gasteiger partial charge in [-0.05, 0) is 99.8 Å². The zero-order valence-electron chi connectivity index (χ0n) is 40.7. The van der Waals surface area contributed by atoms with Crippen LogP contribution < -0.4 is 14.3 Å². The van der Waals surface area contributed by atoms with Gasteiger partial charge in [-0.3, -0.25) is 0 Å². The van der Waals surface area contributed by atoms with Crippen LogP contribution in [0.3, 0.4) is 0 Å². The summed E-state index contributed by atoms with van der Waals surface area (Å²) in [7, 11) is -2.02. The maximum atomic E-state index is 16.5. The molecule has 0 N–H and O–H groups in total. The highest BCUT2D eigenvalue weighted by Gasteiger charge is 2.67. The van der Waals surface area contributed by atoms with Crippen molar-refractivity contribution in [3.8, 4) is 61.7 Å². The molecule has 0 fully saturated rings. The first-order chi connectivity index (χ1) is 33.9. The number of nitrogens with zero attached hydrogens (tertiary/aromatic N) is 3. The predicted octanol–water partition coefficient (Wildman–Crippen LogP) is 15.0. The molecular formula is C64H54FN3OSi+2. The molecule has 1 unspecified atom stereocenters. The van der Waals surface area contributed by atoms with Crippen molar-refractivity contribution >= 4 is 46.2 Å². The van der Waals surface area contributed by atoms with Crippen LogP contribution in [0.2, 0.25) is 19.6 Å². The van der Waals surface area contributed by atoms with Crippen LogP contribution in [0.5, 0.6) is 0 Å². The molecular weight excluding hydrogens is 874 g/mol. The lowest BCUT2D eigenvalue weighted by atomic mass is 9.75. The molecule has 1 atom stereocenters. The minimum Gasteiger partial charge on any atom is -0.456 e. The van der Waals surface area contributed by atoms with Gasteiger partial charge in [-0.1, -0.05) is 169 Å². The van der Waals surface area contributed by atoms with Crippen molar-refractivity contribution in [2.24, 2.45) is 5.92 Å². The monoisotopic (exact) mass is 927 g/mol. The molecule has 0 saturated carbocycles. The molecule has 2 aliphatic rings. The van der Waals surface area contributed by atoms with E-state index < -0.39 is 13.7 Å². The lowest BCUT2D eigenvalue weighted by Crippen LogP contribution is -2.72. The molecule has 70 heavy (non-hydrogen) atoms. The number of hydrogen-bond donors (Lipinski definition) is 0. The zero-order chi connectivity index (χ0) is 47.8. The van der Waals surface area contributed by atoms with Gasteiger partial charge in [0.25, 0.3) is 0 Å². The summed E-state index contributed by atoms with van der Waals surface area (Å²) < 4.78 is 31.2. The Hall–Kier alpha value is -7.67. The predicted molar refractivity (Wildman–Crippen MR) is 287 cm³/mol. The second-order valence-corrected chi connectivity index (χ2v) is 26.4. The summed E-state index contributed by atoms with van der Waals surface area (Å²) in [6.07, 6.45) is 2.55. The molecule has 11 aromatic rings. The first-order valence-corrected chi connectivity index (χ1v) is 28.1. The maximum Gasteiger partial charge on any atom is 0.364 e. The summed E-state index contributed by atoms with van der Waals surface area (Å²) in [5.41, 5.74) is 16.8. The number of furan rings is 1. The first kappa shape index (κ1) is 42.4. The molecule has 0 aliphatic carbocycles. The number of pyridine rings is 1. The Kier molecular flexibility index (Phi) is 9.19. The molecule has 13 rings (SSSR count). The van der Waals surface area contributed by atoms with Gasteiger partial charge in [-0.2, -0.15) is 4.57 Å². The van der Waals surface area contributed by atoms with Crippen molar-refractivity contribution in [3.05, 3.63) is 217 Å². The summed E-state index contributed by atoms with van der Waals surface area (Å²) in [5.74, 6) is 1.15. The van der Waals surface area contributed by atoms with Gasteiger partial charge in [0.1, 0.15) is 22.7 Å². The third-order valence-electron chi connectivity index (χ3n) is 15.9. The van der Waals surface area contributed by atoms with Crippen LogP contribution in [0.15, 0.2) is 199 Å². The van der Waals surface area contributed by atoms with E-state index in [1.165, 1.54) is 27.6 Å². The highest BCUT2D eigenvalue weighted by Crippen LogP contribution is 2.53. The smallest absolute Gasteiger partial charge is 0.364 e. The lowest BCUT2D eigenvalue weighted by molar-refractivity contribution is -0.944. The highest BCUT2D eigenvalue weighted by molar-refractivity contribution is 6.89. The third-order valence-corrected chi connectivity index (χ3v) is 17.9. The molecule has 4 nitrogen and oxygen atoms in total. The molecule has 1 spiro atoms. The Balaban J connectivity index is 1.25. The number of aromatic nitrogens is 3. The van der Waals surface area contributed by atoms with E-state index in [-0.39, 0.29) is 11.2 Å². The van der Waals surface area contributed by atoms with Gasteiger partial charge in [0, 0.05) is 33.2 Å².